The van der Waals surface area contributed by atoms with E-state index in [-0.39, 0.29) is 12.4 Å². The van der Waals surface area contributed by atoms with Crippen LogP contribution < -0.4 is 5.32 Å². The van der Waals surface area contributed by atoms with E-state index in [0.29, 0.717) is 0 Å². The summed E-state index contributed by atoms with van der Waals surface area (Å²) in [7, 11) is 2.53. The first-order chi connectivity index (χ1) is 8.26. The lowest BCUT2D eigenvalue weighted by Gasteiger charge is -2.24. The van der Waals surface area contributed by atoms with Gasteiger partial charge in [-0.3, -0.25) is 0 Å². The zero-order chi connectivity index (χ0) is 12.6. The minimum absolute atomic E-state index is 0. The van der Waals surface area contributed by atoms with Crippen molar-refractivity contribution >= 4 is 26.9 Å². The molecule has 6 heteroatoms. The van der Waals surface area contributed by atoms with Gasteiger partial charge in [-0.25, -0.2) is 0 Å². The molecule has 0 spiro atoms. The second-order valence-corrected chi connectivity index (χ2v) is 6.78. The zero-order valence-electron chi connectivity index (χ0n) is 11.1. The number of benzene rings is 1. The highest BCUT2D eigenvalue weighted by Crippen LogP contribution is 2.15. The number of halogens is 1. The second-order valence-electron chi connectivity index (χ2n) is 3.69. The maximum atomic E-state index is 5.36. The summed E-state index contributed by atoms with van der Waals surface area (Å²) in [6.45, 7) is 0.884. The Balaban J connectivity index is 0.00000289. The van der Waals surface area contributed by atoms with Crippen LogP contribution in [0, 0.1) is 0 Å². The molecule has 0 fully saturated rings. The molecule has 0 aliphatic rings. The summed E-state index contributed by atoms with van der Waals surface area (Å²) >= 11 is 0. The minimum Gasteiger partial charge on any atom is -0.385 e. The number of hydrogen-bond acceptors (Lipinski definition) is 4. The average Bonchev–Trinajstić information content (AvgIpc) is 2.41. The van der Waals surface area contributed by atoms with Gasteiger partial charge < -0.3 is 18.6 Å². The lowest BCUT2D eigenvalue weighted by Crippen LogP contribution is -2.42. The first-order valence-corrected chi connectivity index (χ1v) is 7.64. The predicted molar refractivity (Wildman–Crippen MR) is 78.4 cm³/mol. The molecule has 0 atom stereocenters. The van der Waals surface area contributed by atoms with Crippen LogP contribution in [0.4, 0.5) is 5.69 Å². The molecule has 0 aliphatic carbocycles. The molecule has 0 unspecified atom stereocenters. The zero-order valence-corrected chi connectivity index (χ0v) is 13.0. The van der Waals surface area contributed by atoms with Crippen molar-refractivity contribution in [1.82, 2.24) is 0 Å². The third-order valence-corrected chi connectivity index (χ3v) is 5.53. The van der Waals surface area contributed by atoms with Crippen LogP contribution in [0.2, 0.25) is 6.04 Å². The highest BCUT2D eigenvalue weighted by molar-refractivity contribution is 6.60. The van der Waals surface area contributed by atoms with Gasteiger partial charge in [0.05, 0.1) is 0 Å². The van der Waals surface area contributed by atoms with E-state index in [1.54, 1.807) is 21.3 Å². The number of anilines is 1. The fraction of sp³-hybridized carbons (Fsp3) is 0.500. The maximum Gasteiger partial charge on any atom is 0.500 e. The van der Waals surface area contributed by atoms with Gasteiger partial charge >= 0.3 is 8.80 Å². The molecule has 104 valence electrons. The molecule has 0 aromatic heterocycles. The van der Waals surface area contributed by atoms with Crippen molar-refractivity contribution in [1.29, 1.82) is 0 Å². The van der Waals surface area contributed by atoms with Gasteiger partial charge in [0.25, 0.3) is 0 Å². The molecule has 1 aromatic carbocycles. The van der Waals surface area contributed by atoms with E-state index in [0.717, 1.165) is 24.7 Å². The summed E-state index contributed by atoms with van der Waals surface area (Å²) in [5.74, 6) is 0. The third kappa shape index (κ3) is 5.37. The molecule has 4 nitrogen and oxygen atoms in total. The van der Waals surface area contributed by atoms with Crippen LogP contribution in [0.15, 0.2) is 30.3 Å². The number of nitrogens with one attached hydrogen (secondary N) is 1. The van der Waals surface area contributed by atoms with E-state index in [4.69, 9.17) is 13.3 Å². The molecular weight excluding hydrogens is 270 g/mol. The Bertz CT molecular complexity index is 301. The van der Waals surface area contributed by atoms with E-state index in [9.17, 15) is 0 Å². The summed E-state index contributed by atoms with van der Waals surface area (Å²) < 4.78 is 16.1. The fourth-order valence-electron chi connectivity index (χ4n) is 1.65. The van der Waals surface area contributed by atoms with Gasteiger partial charge in [-0.15, -0.1) is 12.4 Å². The molecule has 1 aromatic rings. The van der Waals surface area contributed by atoms with Crippen molar-refractivity contribution in [2.75, 3.05) is 33.2 Å². The normalized spacial score (nSPS) is 10.8. The quantitative estimate of drug-likeness (QED) is 0.590. The summed E-state index contributed by atoms with van der Waals surface area (Å²) in [6, 6.07) is 10.9. The Hall–Kier alpha value is -0.593. The summed E-state index contributed by atoms with van der Waals surface area (Å²) in [5, 5.41) is 3.35. The van der Waals surface area contributed by atoms with Gasteiger partial charge in [-0.1, -0.05) is 18.2 Å². The maximum absolute atomic E-state index is 5.36. The lowest BCUT2D eigenvalue weighted by molar-refractivity contribution is 0.123. The first kappa shape index (κ1) is 17.4. The van der Waals surface area contributed by atoms with Crippen LogP contribution >= 0.6 is 12.4 Å². The molecule has 0 amide bonds. The monoisotopic (exact) mass is 291 g/mol. The summed E-state index contributed by atoms with van der Waals surface area (Å²) in [6.07, 6.45) is 0.955. The Morgan fingerprint density at radius 1 is 1.00 bits per heavy atom. The Kier molecular flexibility index (Phi) is 9.04. The molecule has 18 heavy (non-hydrogen) atoms. The molecule has 0 bridgehead atoms. The van der Waals surface area contributed by atoms with Gasteiger partial charge in [0.2, 0.25) is 0 Å². The average molecular weight is 292 g/mol. The van der Waals surface area contributed by atoms with E-state index < -0.39 is 8.80 Å². The van der Waals surface area contributed by atoms with E-state index >= 15 is 0 Å². The van der Waals surface area contributed by atoms with E-state index in [1.165, 1.54) is 0 Å². The van der Waals surface area contributed by atoms with E-state index in [1.807, 2.05) is 30.3 Å². The molecular formula is C12H22ClNO3Si. The number of para-hydroxylation sites is 1. The summed E-state index contributed by atoms with van der Waals surface area (Å²) in [5.41, 5.74) is 1.13. The standard InChI is InChI=1S/C12H21NO3Si.ClH/c1-14-17(15-2,16-3)11-7-10-13-12-8-5-4-6-9-12;/h4-6,8-9,13H,7,10-11H2,1-3H3;1H. The van der Waals surface area contributed by atoms with Crippen molar-refractivity contribution in [3.63, 3.8) is 0 Å². The minimum atomic E-state index is -2.40. The third-order valence-electron chi connectivity index (χ3n) is 2.70. The van der Waals surface area contributed by atoms with Crippen molar-refractivity contribution < 1.29 is 13.3 Å². The smallest absolute Gasteiger partial charge is 0.385 e. The van der Waals surface area contributed by atoms with Crippen LogP contribution in [-0.4, -0.2) is 36.7 Å². The van der Waals surface area contributed by atoms with Crippen LogP contribution in [0.5, 0.6) is 0 Å². The van der Waals surface area contributed by atoms with Crippen molar-refractivity contribution in [3.05, 3.63) is 30.3 Å². The van der Waals surface area contributed by atoms with Crippen molar-refractivity contribution in [2.45, 2.75) is 12.5 Å². The van der Waals surface area contributed by atoms with Gasteiger partial charge in [0, 0.05) is 39.6 Å². The van der Waals surface area contributed by atoms with Crippen molar-refractivity contribution in [3.8, 4) is 0 Å². The predicted octanol–water partition coefficient (Wildman–Crippen LogP) is 2.79. The van der Waals surface area contributed by atoms with Crippen LogP contribution in [-0.2, 0) is 13.3 Å². The highest BCUT2D eigenvalue weighted by Gasteiger charge is 2.36. The summed E-state index contributed by atoms with van der Waals surface area (Å²) in [4.78, 5) is 0. The topological polar surface area (TPSA) is 39.7 Å². The number of rotatable bonds is 8. The van der Waals surface area contributed by atoms with Gasteiger partial charge in [-0.2, -0.15) is 0 Å². The molecule has 0 saturated heterocycles. The van der Waals surface area contributed by atoms with Crippen LogP contribution in [0.25, 0.3) is 0 Å². The molecule has 0 saturated carbocycles. The van der Waals surface area contributed by atoms with Crippen LogP contribution in [0.3, 0.4) is 0 Å². The highest BCUT2D eigenvalue weighted by atomic mass is 35.5. The van der Waals surface area contributed by atoms with Crippen LogP contribution in [0.1, 0.15) is 6.42 Å². The van der Waals surface area contributed by atoms with Gasteiger partial charge in [0.1, 0.15) is 0 Å². The van der Waals surface area contributed by atoms with E-state index in [2.05, 4.69) is 5.32 Å². The first-order valence-electron chi connectivity index (χ1n) is 5.70. The molecule has 0 heterocycles. The molecule has 1 rings (SSSR count). The largest absolute Gasteiger partial charge is 0.500 e. The SMILES string of the molecule is CO[Si](CCCNc1ccccc1)(OC)OC.Cl. The fourth-order valence-corrected chi connectivity index (χ4v) is 3.37. The Morgan fingerprint density at radius 3 is 2.06 bits per heavy atom. The number of hydrogen-bond donors (Lipinski definition) is 1. The second kappa shape index (κ2) is 9.35. The molecule has 1 N–H and O–H groups in total. The van der Waals surface area contributed by atoms with Crippen molar-refractivity contribution in [2.24, 2.45) is 0 Å². The molecule has 0 radical (unpaired) electrons. The lowest BCUT2D eigenvalue weighted by atomic mass is 10.3. The molecule has 0 aliphatic heterocycles. The Morgan fingerprint density at radius 2 is 1.56 bits per heavy atom. The van der Waals surface area contributed by atoms with Gasteiger partial charge in [-0.05, 0) is 18.6 Å². The van der Waals surface area contributed by atoms with Gasteiger partial charge in [0.15, 0.2) is 0 Å². The Labute approximate surface area is 116 Å².